The Hall–Kier alpha value is -1.08. The molecule has 0 amide bonds. The van der Waals surface area contributed by atoms with Crippen molar-refractivity contribution in [2.45, 2.75) is 6.92 Å². The summed E-state index contributed by atoms with van der Waals surface area (Å²) in [6, 6.07) is 7.77. The second-order valence-corrected chi connectivity index (χ2v) is 3.17. The van der Waals surface area contributed by atoms with Gasteiger partial charge in [0, 0.05) is 16.6 Å². The van der Waals surface area contributed by atoms with Gasteiger partial charge >= 0.3 is 0 Å². The third kappa shape index (κ3) is 1.07. The summed E-state index contributed by atoms with van der Waals surface area (Å²) in [4.78, 5) is 4.26. The number of hydrogen-bond donors (Lipinski definition) is 0. The quantitative estimate of drug-likeness (QED) is 0.602. The average molecular weight is 178 g/mol. The van der Waals surface area contributed by atoms with E-state index in [1.165, 1.54) is 0 Å². The summed E-state index contributed by atoms with van der Waals surface area (Å²) in [6.07, 6.45) is 1.78. The third-order valence-corrected chi connectivity index (χ3v) is 2.25. The van der Waals surface area contributed by atoms with Crippen LogP contribution in [0.3, 0.4) is 0 Å². The van der Waals surface area contributed by atoms with Crippen LogP contribution in [0, 0.1) is 6.92 Å². The molecule has 0 atom stereocenters. The fourth-order valence-electron chi connectivity index (χ4n) is 1.28. The van der Waals surface area contributed by atoms with Crippen molar-refractivity contribution in [3.63, 3.8) is 0 Å². The zero-order chi connectivity index (χ0) is 8.55. The molecule has 2 aromatic rings. The molecule has 0 fully saturated rings. The first kappa shape index (κ1) is 7.56. The van der Waals surface area contributed by atoms with Crippen LogP contribution >= 0.6 is 11.6 Å². The zero-order valence-electron chi connectivity index (χ0n) is 6.71. The molecule has 1 nitrogen and oxygen atoms in total. The molecule has 0 radical (unpaired) electrons. The van der Waals surface area contributed by atoms with E-state index in [2.05, 4.69) is 4.98 Å². The van der Waals surface area contributed by atoms with Gasteiger partial charge in [-0.3, -0.25) is 4.98 Å². The molecule has 0 bridgehead atoms. The van der Waals surface area contributed by atoms with Gasteiger partial charge in [-0.1, -0.05) is 17.7 Å². The molecule has 0 saturated carbocycles. The molecule has 1 aromatic heterocycles. The van der Waals surface area contributed by atoms with Crippen LogP contribution in [0.5, 0.6) is 0 Å². The van der Waals surface area contributed by atoms with E-state index in [9.17, 15) is 0 Å². The number of halogens is 1. The molecule has 1 heterocycles. The van der Waals surface area contributed by atoms with E-state index >= 15 is 0 Å². The van der Waals surface area contributed by atoms with Gasteiger partial charge in [0.2, 0.25) is 0 Å². The molecule has 0 saturated heterocycles. The normalized spacial score (nSPS) is 10.5. The minimum absolute atomic E-state index is 0.767. The molecule has 1 aromatic carbocycles. The number of hydrogen-bond acceptors (Lipinski definition) is 1. The SMILES string of the molecule is Cc1ccc(Cl)c2cccnc12. The molecule has 0 spiro atoms. The Morgan fingerprint density at radius 2 is 2.08 bits per heavy atom. The van der Waals surface area contributed by atoms with Gasteiger partial charge in [0.05, 0.1) is 5.52 Å². The van der Waals surface area contributed by atoms with Crippen LogP contribution < -0.4 is 0 Å². The molecular weight excluding hydrogens is 170 g/mol. The lowest BCUT2D eigenvalue weighted by atomic mass is 10.1. The smallest absolute Gasteiger partial charge is 0.0746 e. The van der Waals surface area contributed by atoms with Gasteiger partial charge in [-0.15, -0.1) is 0 Å². The van der Waals surface area contributed by atoms with Crippen LogP contribution in [0.25, 0.3) is 10.9 Å². The highest BCUT2D eigenvalue weighted by molar-refractivity contribution is 6.35. The topological polar surface area (TPSA) is 12.9 Å². The summed E-state index contributed by atoms with van der Waals surface area (Å²) in [5.74, 6) is 0. The predicted molar refractivity (Wildman–Crippen MR) is 51.5 cm³/mol. The second-order valence-electron chi connectivity index (χ2n) is 2.76. The molecule has 2 rings (SSSR count). The van der Waals surface area contributed by atoms with E-state index in [0.29, 0.717) is 0 Å². The molecule has 0 N–H and O–H groups in total. The Labute approximate surface area is 76.0 Å². The maximum atomic E-state index is 5.99. The van der Waals surface area contributed by atoms with Crippen molar-refractivity contribution in [1.82, 2.24) is 4.98 Å². The average Bonchev–Trinajstić information content (AvgIpc) is 2.12. The highest BCUT2D eigenvalue weighted by Gasteiger charge is 2.00. The largest absolute Gasteiger partial charge is 0.256 e. The number of aryl methyl sites for hydroxylation is 1. The molecule has 2 heteroatoms. The molecule has 0 unspecified atom stereocenters. The monoisotopic (exact) mass is 177 g/mol. The maximum absolute atomic E-state index is 5.99. The van der Waals surface area contributed by atoms with E-state index in [0.717, 1.165) is 21.5 Å². The van der Waals surface area contributed by atoms with Crippen LogP contribution in [-0.4, -0.2) is 4.98 Å². The van der Waals surface area contributed by atoms with E-state index in [4.69, 9.17) is 11.6 Å². The predicted octanol–water partition coefficient (Wildman–Crippen LogP) is 3.20. The highest BCUT2D eigenvalue weighted by atomic mass is 35.5. The van der Waals surface area contributed by atoms with Crippen molar-refractivity contribution in [3.8, 4) is 0 Å². The summed E-state index contributed by atoms with van der Waals surface area (Å²) in [7, 11) is 0. The summed E-state index contributed by atoms with van der Waals surface area (Å²) >= 11 is 5.99. The first-order chi connectivity index (χ1) is 5.79. The first-order valence-electron chi connectivity index (χ1n) is 3.79. The molecule has 60 valence electrons. The Morgan fingerprint density at radius 3 is 2.83 bits per heavy atom. The van der Waals surface area contributed by atoms with Crippen molar-refractivity contribution in [3.05, 3.63) is 41.0 Å². The van der Waals surface area contributed by atoms with Gasteiger partial charge in [0.1, 0.15) is 0 Å². The first-order valence-corrected chi connectivity index (χ1v) is 4.16. The van der Waals surface area contributed by atoms with Crippen LogP contribution in [0.4, 0.5) is 0 Å². The molecular formula is C10H8ClN. The summed E-state index contributed by atoms with van der Waals surface area (Å²) in [5, 5.41) is 1.79. The number of rotatable bonds is 0. The number of benzene rings is 1. The summed E-state index contributed by atoms with van der Waals surface area (Å²) < 4.78 is 0. The number of fused-ring (bicyclic) bond motifs is 1. The Balaban J connectivity index is 2.95. The maximum Gasteiger partial charge on any atom is 0.0746 e. The molecule has 0 aliphatic carbocycles. The molecule has 0 aliphatic rings. The Kier molecular flexibility index (Phi) is 1.74. The molecule has 12 heavy (non-hydrogen) atoms. The van der Waals surface area contributed by atoms with Crippen molar-refractivity contribution in [1.29, 1.82) is 0 Å². The number of nitrogens with zero attached hydrogens (tertiary/aromatic N) is 1. The third-order valence-electron chi connectivity index (χ3n) is 1.92. The van der Waals surface area contributed by atoms with Gasteiger partial charge in [0.15, 0.2) is 0 Å². The van der Waals surface area contributed by atoms with Gasteiger partial charge in [-0.05, 0) is 30.7 Å². The van der Waals surface area contributed by atoms with Crippen LogP contribution in [0.2, 0.25) is 5.02 Å². The standard InChI is InChI=1S/C10H8ClN/c1-7-4-5-9(11)8-3-2-6-12-10(7)8/h2-6H,1H3. The minimum Gasteiger partial charge on any atom is -0.256 e. The number of pyridine rings is 1. The van der Waals surface area contributed by atoms with Gasteiger partial charge < -0.3 is 0 Å². The van der Waals surface area contributed by atoms with E-state index < -0.39 is 0 Å². The molecule has 0 aliphatic heterocycles. The highest BCUT2D eigenvalue weighted by Crippen LogP contribution is 2.23. The van der Waals surface area contributed by atoms with Crippen LogP contribution in [0.1, 0.15) is 5.56 Å². The Morgan fingerprint density at radius 1 is 1.25 bits per heavy atom. The second kappa shape index (κ2) is 2.76. The van der Waals surface area contributed by atoms with E-state index in [1.807, 2.05) is 31.2 Å². The fourth-order valence-corrected chi connectivity index (χ4v) is 1.49. The van der Waals surface area contributed by atoms with Gasteiger partial charge in [0.25, 0.3) is 0 Å². The van der Waals surface area contributed by atoms with E-state index in [-0.39, 0.29) is 0 Å². The van der Waals surface area contributed by atoms with Crippen molar-refractivity contribution >= 4 is 22.5 Å². The lowest BCUT2D eigenvalue weighted by molar-refractivity contribution is 1.37. The fraction of sp³-hybridized carbons (Fsp3) is 0.100. The summed E-state index contributed by atoms with van der Waals surface area (Å²) in [5.41, 5.74) is 2.15. The minimum atomic E-state index is 0.767. The van der Waals surface area contributed by atoms with Crippen LogP contribution in [0.15, 0.2) is 30.5 Å². The number of aromatic nitrogens is 1. The van der Waals surface area contributed by atoms with E-state index in [1.54, 1.807) is 6.20 Å². The lowest BCUT2D eigenvalue weighted by Gasteiger charge is -2.01. The van der Waals surface area contributed by atoms with Gasteiger partial charge in [-0.2, -0.15) is 0 Å². The summed E-state index contributed by atoms with van der Waals surface area (Å²) in [6.45, 7) is 2.03. The van der Waals surface area contributed by atoms with Crippen molar-refractivity contribution in [2.75, 3.05) is 0 Å². The van der Waals surface area contributed by atoms with Gasteiger partial charge in [-0.25, -0.2) is 0 Å². The zero-order valence-corrected chi connectivity index (χ0v) is 7.47. The lowest BCUT2D eigenvalue weighted by Crippen LogP contribution is -1.82. The van der Waals surface area contributed by atoms with Crippen molar-refractivity contribution < 1.29 is 0 Å². The Bertz CT molecular complexity index is 383. The van der Waals surface area contributed by atoms with Crippen molar-refractivity contribution in [2.24, 2.45) is 0 Å². The van der Waals surface area contributed by atoms with Crippen LogP contribution in [-0.2, 0) is 0 Å².